The zero-order valence-electron chi connectivity index (χ0n) is 10.7. The molecule has 0 aromatic carbocycles. The molecule has 0 radical (unpaired) electrons. The number of aromatic nitrogens is 1. The Kier molecular flexibility index (Phi) is 3.66. The third-order valence-electron chi connectivity index (χ3n) is 3.04. The highest BCUT2D eigenvalue weighted by Gasteiger charge is 2.27. The molecule has 17 heavy (non-hydrogen) atoms. The van der Waals surface area contributed by atoms with E-state index in [1.54, 1.807) is 11.3 Å². The summed E-state index contributed by atoms with van der Waals surface area (Å²) in [5.74, 6) is 1.01. The molecule has 94 valence electrons. The Morgan fingerprint density at radius 2 is 2.41 bits per heavy atom. The fraction of sp³-hybridized carbons (Fsp3) is 0.667. The van der Waals surface area contributed by atoms with Crippen molar-refractivity contribution in [2.24, 2.45) is 10.7 Å². The standard InChI is InChI=1S/C12H20N4S/c1-8(11-15-9(2)7-17-11)6-14-12(13)16(3)10-4-5-10/h7-8,10H,4-6H2,1-3H3,(H2,13,14). The third-order valence-corrected chi connectivity index (χ3v) is 4.24. The van der Waals surface area contributed by atoms with Crippen molar-refractivity contribution in [1.29, 1.82) is 0 Å². The highest BCUT2D eigenvalue weighted by molar-refractivity contribution is 7.09. The van der Waals surface area contributed by atoms with E-state index >= 15 is 0 Å². The summed E-state index contributed by atoms with van der Waals surface area (Å²) in [6, 6.07) is 0.621. The summed E-state index contributed by atoms with van der Waals surface area (Å²) in [6.07, 6.45) is 2.49. The summed E-state index contributed by atoms with van der Waals surface area (Å²) < 4.78 is 0. The van der Waals surface area contributed by atoms with Gasteiger partial charge in [-0.3, -0.25) is 4.99 Å². The predicted molar refractivity (Wildman–Crippen MR) is 72.5 cm³/mol. The molecule has 1 atom stereocenters. The Bertz CT molecular complexity index is 408. The minimum atomic E-state index is 0.347. The lowest BCUT2D eigenvalue weighted by atomic mass is 10.2. The van der Waals surface area contributed by atoms with E-state index in [1.165, 1.54) is 12.8 Å². The van der Waals surface area contributed by atoms with Crippen LogP contribution in [0.3, 0.4) is 0 Å². The first kappa shape index (κ1) is 12.4. The third kappa shape index (κ3) is 3.19. The molecule has 5 heteroatoms. The first-order valence-corrected chi connectivity index (χ1v) is 6.90. The molecule has 1 heterocycles. The molecule has 1 unspecified atom stereocenters. The first-order chi connectivity index (χ1) is 8.08. The van der Waals surface area contributed by atoms with Crippen molar-refractivity contribution in [3.8, 4) is 0 Å². The molecule has 1 aromatic heterocycles. The maximum absolute atomic E-state index is 5.95. The molecular formula is C12H20N4S. The molecule has 1 aliphatic rings. The Balaban J connectivity index is 1.90. The van der Waals surface area contributed by atoms with Crippen LogP contribution < -0.4 is 5.73 Å². The van der Waals surface area contributed by atoms with Gasteiger partial charge in [0, 0.05) is 30.1 Å². The fourth-order valence-electron chi connectivity index (χ4n) is 1.67. The van der Waals surface area contributed by atoms with E-state index in [9.17, 15) is 0 Å². The van der Waals surface area contributed by atoms with Crippen molar-refractivity contribution < 1.29 is 0 Å². The average molecular weight is 252 g/mol. The molecule has 1 aromatic rings. The van der Waals surface area contributed by atoms with Crippen LogP contribution in [0.2, 0.25) is 0 Å². The lowest BCUT2D eigenvalue weighted by molar-refractivity contribution is 0.486. The largest absolute Gasteiger partial charge is 0.370 e. The SMILES string of the molecule is Cc1csc(C(C)CN=C(N)N(C)C2CC2)n1. The number of aryl methyl sites for hydroxylation is 1. The van der Waals surface area contributed by atoms with Crippen LogP contribution >= 0.6 is 11.3 Å². The van der Waals surface area contributed by atoms with E-state index in [1.807, 2.05) is 14.0 Å². The van der Waals surface area contributed by atoms with E-state index < -0.39 is 0 Å². The zero-order chi connectivity index (χ0) is 12.4. The highest BCUT2D eigenvalue weighted by atomic mass is 32.1. The monoisotopic (exact) mass is 252 g/mol. The van der Waals surface area contributed by atoms with Crippen LogP contribution in [0.25, 0.3) is 0 Å². The van der Waals surface area contributed by atoms with Gasteiger partial charge in [-0.25, -0.2) is 4.98 Å². The molecule has 0 amide bonds. The van der Waals surface area contributed by atoms with Gasteiger partial charge in [0.15, 0.2) is 5.96 Å². The Morgan fingerprint density at radius 3 is 2.94 bits per heavy atom. The van der Waals surface area contributed by atoms with Crippen LogP contribution in [0, 0.1) is 6.92 Å². The van der Waals surface area contributed by atoms with Crippen molar-refractivity contribution in [1.82, 2.24) is 9.88 Å². The van der Waals surface area contributed by atoms with E-state index in [0.717, 1.165) is 17.2 Å². The molecule has 4 nitrogen and oxygen atoms in total. The Morgan fingerprint density at radius 1 is 1.71 bits per heavy atom. The second-order valence-electron chi connectivity index (χ2n) is 4.77. The summed E-state index contributed by atoms with van der Waals surface area (Å²) in [7, 11) is 2.02. The van der Waals surface area contributed by atoms with Gasteiger partial charge in [-0.05, 0) is 19.8 Å². The summed E-state index contributed by atoms with van der Waals surface area (Å²) in [6.45, 7) is 4.88. The summed E-state index contributed by atoms with van der Waals surface area (Å²) in [4.78, 5) is 11.0. The number of thiazole rings is 1. The van der Waals surface area contributed by atoms with Crippen LogP contribution in [-0.4, -0.2) is 35.5 Å². The van der Waals surface area contributed by atoms with E-state index in [4.69, 9.17) is 5.73 Å². The van der Waals surface area contributed by atoms with Crippen LogP contribution in [0.1, 0.15) is 36.4 Å². The fourth-order valence-corrected chi connectivity index (χ4v) is 2.52. The van der Waals surface area contributed by atoms with E-state index in [-0.39, 0.29) is 0 Å². The van der Waals surface area contributed by atoms with Crippen LogP contribution in [0.5, 0.6) is 0 Å². The maximum atomic E-state index is 5.95. The van der Waals surface area contributed by atoms with Gasteiger partial charge in [0.25, 0.3) is 0 Å². The molecule has 2 N–H and O–H groups in total. The summed E-state index contributed by atoms with van der Waals surface area (Å²) in [5, 5.41) is 3.23. The van der Waals surface area contributed by atoms with Gasteiger partial charge in [-0.1, -0.05) is 6.92 Å². The zero-order valence-corrected chi connectivity index (χ0v) is 11.5. The van der Waals surface area contributed by atoms with Crippen LogP contribution in [0.15, 0.2) is 10.4 Å². The molecule has 0 aliphatic heterocycles. The summed E-state index contributed by atoms with van der Waals surface area (Å²) >= 11 is 1.70. The lowest BCUT2D eigenvalue weighted by Crippen LogP contribution is -2.36. The van der Waals surface area contributed by atoms with Gasteiger partial charge in [0.1, 0.15) is 0 Å². The van der Waals surface area contributed by atoms with Crippen molar-refractivity contribution in [2.45, 2.75) is 38.6 Å². The first-order valence-electron chi connectivity index (χ1n) is 6.02. The maximum Gasteiger partial charge on any atom is 0.191 e. The molecule has 1 saturated carbocycles. The minimum absolute atomic E-state index is 0.347. The number of nitrogens with zero attached hydrogens (tertiary/aromatic N) is 3. The van der Waals surface area contributed by atoms with E-state index in [2.05, 4.69) is 27.2 Å². The normalized spacial score (nSPS) is 18.2. The van der Waals surface area contributed by atoms with Gasteiger partial charge >= 0.3 is 0 Å². The number of rotatable bonds is 4. The predicted octanol–water partition coefficient (Wildman–Crippen LogP) is 1.96. The van der Waals surface area contributed by atoms with Gasteiger partial charge in [0.05, 0.1) is 11.6 Å². The molecule has 2 rings (SSSR count). The number of nitrogens with two attached hydrogens (primary N) is 1. The number of aliphatic imine (C=N–C) groups is 1. The second-order valence-corrected chi connectivity index (χ2v) is 5.66. The van der Waals surface area contributed by atoms with Gasteiger partial charge in [0.2, 0.25) is 0 Å². The van der Waals surface area contributed by atoms with Crippen molar-refractivity contribution >= 4 is 17.3 Å². The van der Waals surface area contributed by atoms with Crippen molar-refractivity contribution in [3.05, 3.63) is 16.1 Å². The van der Waals surface area contributed by atoms with Crippen LogP contribution in [-0.2, 0) is 0 Å². The second kappa shape index (κ2) is 5.04. The van der Waals surface area contributed by atoms with Crippen molar-refractivity contribution in [3.63, 3.8) is 0 Å². The number of hydrogen-bond donors (Lipinski definition) is 1. The molecular weight excluding hydrogens is 232 g/mol. The molecule has 0 saturated heterocycles. The quantitative estimate of drug-likeness (QED) is 0.658. The molecule has 1 fully saturated rings. The lowest BCUT2D eigenvalue weighted by Gasteiger charge is -2.17. The van der Waals surface area contributed by atoms with Crippen LogP contribution in [0.4, 0.5) is 0 Å². The van der Waals surface area contributed by atoms with Gasteiger partial charge in [-0.15, -0.1) is 11.3 Å². The molecule has 0 spiro atoms. The average Bonchev–Trinajstić information content (AvgIpc) is 3.07. The van der Waals surface area contributed by atoms with Gasteiger partial charge in [-0.2, -0.15) is 0 Å². The Hall–Kier alpha value is -1.10. The highest BCUT2D eigenvalue weighted by Crippen LogP contribution is 2.25. The molecule has 1 aliphatic carbocycles. The summed E-state index contributed by atoms with van der Waals surface area (Å²) in [5.41, 5.74) is 7.04. The smallest absolute Gasteiger partial charge is 0.191 e. The van der Waals surface area contributed by atoms with Gasteiger partial charge < -0.3 is 10.6 Å². The van der Waals surface area contributed by atoms with Crippen molar-refractivity contribution in [2.75, 3.05) is 13.6 Å². The number of guanidine groups is 1. The molecule has 0 bridgehead atoms. The minimum Gasteiger partial charge on any atom is -0.370 e. The Labute approximate surface area is 107 Å². The topological polar surface area (TPSA) is 54.5 Å². The van der Waals surface area contributed by atoms with E-state index in [0.29, 0.717) is 17.9 Å². The number of hydrogen-bond acceptors (Lipinski definition) is 3.